The third kappa shape index (κ3) is 2.51. The summed E-state index contributed by atoms with van der Waals surface area (Å²) in [5, 5.41) is 3.32. The molecule has 3 N–H and O–H groups in total. The number of aromatic amines is 2. The molecule has 0 aliphatic rings. The summed E-state index contributed by atoms with van der Waals surface area (Å²) in [5.41, 5.74) is 3.55. The molecule has 0 amide bonds. The zero-order valence-corrected chi connectivity index (χ0v) is 11.1. The molecule has 5 nitrogen and oxygen atoms in total. The number of benzene rings is 2. The van der Waals surface area contributed by atoms with Gasteiger partial charge in [0.05, 0.1) is 18.1 Å². The quantitative estimate of drug-likeness (QED) is 0.681. The summed E-state index contributed by atoms with van der Waals surface area (Å²) in [6.07, 6.45) is 0. The van der Waals surface area contributed by atoms with Crippen LogP contribution >= 0.6 is 0 Å². The van der Waals surface area contributed by atoms with Crippen LogP contribution in [-0.4, -0.2) is 17.1 Å². The Hall–Kier alpha value is -2.69. The second-order valence-electron chi connectivity index (χ2n) is 4.54. The van der Waals surface area contributed by atoms with Crippen molar-refractivity contribution >= 4 is 16.7 Å². The summed E-state index contributed by atoms with van der Waals surface area (Å²) in [5.74, 6) is 0.847. The molecule has 0 atom stereocenters. The average Bonchev–Trinajstić information content (AvgIpc) is 2.85. The van der Waals surface area contributed by atoms with Gasteiger partial charge in [-0.05, 0) is 35.9 Å². The number of fused-ring (bicyclic) bond motifs is 1. The lowest BCUT2D eigenvalue weighted by molar-refractivity contribution is 0.414. The Kier molecular flexibility index (Phi) is 3.16. The van der Waals surface area contributed by atoms with Gasteiger partial charge in [-0.25, -0.2) is 4.79 Å². The summed E-state index contributed by atoms with van der Waals surface area (Å²) in [6.45, 7) is 0.712. The molecule has 0 radical (unpaired) electrons. The summed E-state index contributed by atoms with van der Waals surface area (Å²) in [4.78, 5) is 16.7. The molecular weight excluding hydrogens is 254 g/mol. The van der Waals surface area contributed by atoms with Gasteiger partial charge in [0.15, 0.2) is 0 Å². The highest BCUT2D eigenvalue weighted by atomic mass is 16.5. The van der Waals surface area contributed by atoms with Crippen molar-refractivity contribution in [3.63, 3.8) is 0 Å². The van der Waals surface area contributed by atoms with Crippen LogP contribution in [0, 0.1) is 0 Å². The Bertz CT molecular complexity index is 772. The minimum absolute atomic E-state index is 0.188. The van der Waals surface area contributed by atoms with Crippen molar-refractivity contribution in [2.45, 2.75) is 6.54 Å². The van der Waals surface area contributed by atoms with Crippen LogP contribution < -0.4 is 15.7 Å². The molecular formula is C15H15N3O2. The highest BCUT2D eigenvalue weighted by molar-refractivity contribution is 5.78. The van der Waals surface area contributed by atoms with Crippen molar-refractivity contribution in [1.82, 2.24) is 9.97 Å². The zero-order valence-electron chi connectivity index (χ0n) is 11.1. The zero-order chi connectivity index (χ0) is 13.9. The molecule has 0 bridgehead atoms. The monoisotopic (exact) mass is 269 g/mol. The van der Waals surface area contributed by atoms with Gasteiger partial charge < -0.3 is 20.0 Å². The summed E-state index contributed by atoms with van der Waals surface area (Å²) < 4.78 is 5.12. The summed E-state index contributed by atoms with van der Waals surface area (Å²) in [7, 11) is 1.65. The minimum atomic E-state index is -0.188. The Morgan fingerprint density at radius 2 is 1.80 bits per heavy atom. The van der Waals surface area contributed by atoms with Crippen LogP contribution in [0.25, 0.3) is 11.0 Å². The van der Waals surface area contributed by atoms with E-state index in [-0.39, 0.29) is 5.69 Å². The minimum Gasteiger partial charge on any atom is -0.497 e. The van der Waals surface area contributed by atoms with E-state index in [0.717, 1.165) is 28.0 Å². The maximum atomic E-state index is 11.2. The van der Waals surface area contributed by atoms with Crippen molar-refractivity contribution in [2.75, 3.05) is 12.4 Å². The first-order valence-electron chi connectivity index (χ1n) is 6.33. The van der Waals surface area contributed by atoms with Crippen LogP contribution in [-0.2, 0) is 6.54 Å². The lowest BCUT2D eigenvalue weighted by atomic mass is 10.2. The number of rotatable bonds is 4. The number of hydrogen-bond acceptors (Lipinski definition) is 3. The maximum Gasteiger partial charge on any atom is 0.323 e. The Morgan fingerprint density at radius 3 is 2.55 bits per heavy atom. The normalized spacial score (nSPS) is 10.7. The second-order valence-corrected chi connectivity index (χ2v) is 4.54. The van der Waals surface area contributed by atoms with Crippen molar-refractivity contribution in [2.24, 2.45) is 0 Å². The second kappa shape index (κ2) is 5.13. The highest BCUT2D eigenvalue weighted by Crippen LogP contribution is 2.16. The van der Waals surface area contributed by atoms with E-state index in [1.54, 1.807) is 7.11 Å². The van der Waals surface area contributed by atoms with Crippen molar-refractivity contribution in [1.29, 1.82) is 0 Å². The number of H-pyrrole nitrogens is 2. The number of anilines is 1. The van der Waals surface area contributed by atoms with Gasteiger partial charge in [0.2, 0.25) is 0 Å². The fourth-order valence-corrected chi connectivity index (χ4v) is 2.09. The third-order valence-corrected chi connectivity index (χ3v) is 3.17. The predicted octanol–water partition coefficient (Wildman–Crippen LogP) is 2.48. The standard InChI is InChI=1S/C15H15N3O2/c1-20-12-5-2-10(3-6-12)9-16-11-4-7-13-14(8-11)18-15(19)17-13/h2-8,16H,9H2,1H3,(H2,17,18,19). The molecule has 0 saturated carbocycles. The van der Waals surface area contributed by atoms with Crippen LogP contribution in [0.2, 0.25) is 0 Å². The van der Waals surface area contributed by atoms with Gasteiger partial charge in [0.25, 0.3) is 0 Å². The fourth-order valence-electron chi connectivity index (χ4n) is 2.09. The van der Waals surface area contributed by atoms with Crippen LogP contribution in [0.4, 0.5) is 5.69 Å². The van der Waals surface area contributed by atoms with Gasteiger partial charge in [-0.3, -0.25) is 0 Å². The molecule has 5 heteroatoms. The van der Waals surface area contributed by atoms with Gasteiger partial charge in [-0.15, -0.1) is 0 Å². The van der Waals surface area contributed by atoms with E-state index in [2.05, 4.69) is 15.3 Å². The SMILES string of the molecule is COc1ccc(CNc2ccc3[nH]c(=O)[nH]c3c2)cc1. The van der Waals surface area contributed by atoms with Crippen LogP contribution in [0.5, 0.6) is 5.75 Å². The van der Waals surface area contributed by atoms with E-state index in [0.29, 0.717) is 6.54 Å². The first-order chi connectivity index (χ1) is 9.74. The molecule has 1 heterocycles. The number of hydrogen-bond donors (Lipinski definition) is 3. The molecule has 0 spiro atoms. The number of nitrogens with one attached hydrogen (secondary N) is 3. The first-order valence-corrected chi connectivity index (χ1v) is 6.33. The highest BCUT2D eigenvalue weighted by Gasteiger charge is 2.00. The summed E-state index contributed by atoms with van der Waals surface area (Å²) in [6, 6.07) is 13.6. The molecule has 3 aromatic rings. The molecule has 0 aliphatic carbocycles. The Morgan fingerprint density at radius 1 is 1.05 bits per heavy atom. The third-order valence-electron chi connectivity index (χ3n) is 3.17. The number of methoxy groups -OCH3 is 1. The molecule has 20 heavy (non-hydrogen) atoms. The Labute approximate surface area is 115 Å². The molecule has 0 aliphatic heterocycles. The van der Waals surface area contributed by atoms with Gasteiger partial charge in [0, 0.05) is 12.2 Å². The molecule has 1 aromatic heterocycles. The van der Waals surface area contributed by atoms with Crippen molar-refractivity contribution in [3.05, 3.63) is 58.5 Å². The lowest BCUT2D eigenvalue weighted by Gasteiger charge is -2.07. The van der Waals surface area contributed by atoms with Gasteiger partial charge in [-0.2, -0.15) is 0 Å². The van der Waals surface area contributed by atoms with Crippen molar-refractivity contribution < 1.29 is 4.74 Å². The van der Waals surface area contributed by atoms with Gasteiger partial charge in [0.1, 0.15) is 5.75 Å². The molecule has 3 rings (SSSR count). The number of aromatic nitrogens is 2. The van der Waals surface area contributed by atoms with Crippen LogP contribution in [0.1, 0.15) is 5.56 Å². The molecule has 0 saturated heterocycles. The average molecular weight is 269 g/mol. The van der Waals surface area contributed by atoms with E-state index in [9.17, 15) is 4.79 Å². The van der Waals surface area contributed by atoms with Crippen LogP contribution in [0.15, 0.2) is 47.3 Å². The topological polar surface area (TPSA) is 69.9 Å². The molecule has 102 valence electrons. The molecule has 0 unspecified atom stereocenters. The van der Waals surface area contributed by atoms with E-state index >= 15 is 0 Å². The van der Waals surface area contributed by atoms with Crippen molar-refractivity contribution in [3.8, 4) is 5.75 Å². The lowest BCUT2D eigenvalue weighted by Crippen LogP contribution is -1.99. The van der Waals surface area contributed by atoms with E-state index in [1.807, 2.05) is 42.5 Å². The van der Waals surface area contributed by atoms with E-state index in [1.165, 1.54) is 0 Å². The number of imidazole rings is 1. The molecule has 2 aromatic carbocycles. The maximum absolute atomic E-state index is 11.2. The van der Waals surface area contributed by atoms with Crippen LogP contribution in [0.3, 0.4) is 0 Å². The van der Waals surface area contributed by atoms with Gasteiger partial charge >= 0.3 is 5.69 Å². The predicted molar refractivity (Wildman–Crippen MR) is 79.2 cm³/mol. The van der Waals surface area contributed by atoms with E-state index in [4.69, 9.17) is 4.74 Å². The first kappa shape index (κ1) is 12.3. The summed E-state index contributed by atoms with van der Waals surface area (Å²) >= 11 is 0. The number of ether oxygens (including phenoxy) is 1. The fraction of sp³-hybridized carbons (Fsp3) is 0.133. The smallest absolute Gasteiger partial charge is 0.323 e. The van der Waals surface area contributed by atoms with Gasteiger partial charge in [-0.1, -0.05) is 12.1 Å². The molecule has 0 fully saturated rings. The Balaban J connectivity index is 1.73. The van der Waals surface area contributed by atoms with E-state index < -0.39 is 0 Å². The largest absolute Gasteiger partial charge is 0.497 e.